The number of nitrogens with one attached hydrogen (secondary N) is 1. The van der Waals surface area contributed by atoms with E-state index < -0.39 is 21.7 Å². The van der Waals surface area contributed by atoms with Crippen molar-refractivity contribution in [3.8, 4) is 5.69 Å². The standard InChI is InChI=1S/C18H15FN2O3S/c1-13-12-14(4-9-17(13)21-10-2-3-11-21)18(22)20-25(23,24)16-7-5-15(19)6-8-16/h2-12H,1H3,(H,20,22). The fourth-order valence-electron chi connectivity index (χ4n) is 2.44. The van der Waals surface area contributed by atoms with Crippen LogP contribution in [0, 0.1) is 12.7 Å². The fraction of sp³-hybridized carbons (Fsp3) is 0.0556. The minimum Gasteiger partial charge on any atom is -0.324 e. The zero-order chi connectivity index (χ0) is 18.0. The van der Waals surface area contributed by atoms with E-state index in [1.807, 2.05) is 40.7 Å². The molecule has 2 aromatic carbocycles. The number of carbonyl (C=O) groups is 1. The van der Waals surface area contributed by atoms with Crippen LogP contribution in [0.4, 0.5) is 4.39 Å². The molecule has 0 unspecified atom stereocenters. The summed E-state index contributed by atoms with van der Waals surface area (Å²) >= 11 is 0. The fourth-order valence-corrected chi connectivity index (χ4v) is 3.41. The lowest BCUT2D eigenvalue weighted by atomic mass is 10.1. The lowest BCUT2D eigenvalue weighted by molar-refractivity contribution is 0.0981. The topological polar surface area (TPSA) is 68.2 Å². The summed E-state index contributed by atoms with van der Waals surface area (Å²) in [7, 11) is -4.06. The number of sulfonamides is 1. The van der Waals surface area contributed by atoms with Crippen LogP contribution < -0.4 is 4.72 Å². The average Bonchev–Trinajstić information content (AvgIpc) is 3.09. The predicted molar refractivity (Wildman–Crippen MR) is 91.6 cm³/mol. The molecule has 0 saturated heterocycles. The van der Waals surface area contributed by atoms with E-state index in [4.69, 9.17) is 0 Å². The van der Waals surface area contributed by atoms with Gasteiger partial charge < -0.3 is 4.57 Å². The molecule has 0 spiro atoms. The summed E-state index contributed by atoms with van der Waals surface area (Å²) in [6.45, 7) is 1.83. The van der Waals surface area contributed by atoms with Crippen molar-refractivity contribution in [2.45, 2.75) is 11.8 Å². The molecule has 3 aromatic rings. The van der Waals surface area contributed by atoms with Gasteiger partial charge in [-0.3, -0.25) is 4.79 Å². The largest absolute Gasteiger partial charge is 0.324 e. The molecule has 0 atom stereocenters. The molecule has 1 aromatic heterocycles. The van der Waals surface area contributed by atoms with Crippen molar-refractivity contribution in [3.63, 3.8) is 0 Å². The number of nitrogens with zero attached hydrogens (tertiary/aromatic N) is 1. The smallest absolute Gasteiger partial charge is 0.265 e. The molecule has 1 N–H and O–H groups in total. The SMILES string of the molecule is Cc1cc(C(=O)NS(=O)(=O)c2ccc(F)cc2)ccc1-n1cccc1. The highest BCUT2D eigenvalue weighted by atomic mass is 32.2. The molecule has 7 heteroatoms. The first-order valence-corrected chi connectivity index (χ1v) is 8.92. The molecule has 0 radical (unpaired) electrons. The summed E-state index contributed by atoms with van der Waals surface area (Å²) < 4.78 is 41.2. The number of benzene rings is 2. The third kappa shape index (κ3) is 3.61. The molecule has 0 aliphatic heterocycles. The Morgan fingerprint density at radius 1 is 1.04 bits per heavy atom. The van der Waals surface area contributed by atoms with Crippen molar-refractivity contribution >= 4 is 15.9 Å². The van der Waals surface area contributed by atoms with Crippen molar-refractivity contribution in [2.75, 3.05) is 0 Å². The minimum atomic E-state index is -4.06. The van der Waals surface area contributed by atoms with Gasteiger partial charge in [-0.2, -0.15) is 0 Å². The van der Waals surface area contributed by atoms with Crippen molar-refractivity contribution in [1.29, 1.82) is 0 Å². The number of aromatic nitrogens is 1. The van der Waals surface area contributed by atoms with Gasteiger partial charge in [0, 0.05) is 23.6 Å². The Labute approximate surface area is 144 Å². The van der Waals surface area contributed by atoms with Crippen molar-refractivity contribution < 1.29 is 17.6 Å². The summed E-state index contributed by atoms with van der Waals surface area (Å²) in [6.07, 6.45) is 3.75. The lowest BCUT2D eigenvalue weighted by Gasteiger charge is -2.11. The highest BCUT2D eigenvalue weighted by molar-refractivity contribution is 7.90. The van der Waals surface area contributed by atoms with Crippen molar-refractivity contribution in [3.05, 3.63) is 83.9 Å². The number of amides is 1. The van der Waals surface area contributed by atoms with Crippen LogP contribution in [0.25, 0.3) is 5.69 Å². The Morgan fingerprint density at radius 2 is 1.68 bits per heavy atom. The van der Waals surface area contributed by atoms with E-state index in [0.29, 0.717) is 0 Å². The van der Waals surface area contributed by atoms with Crippen molar-refractivity contribution in [2.24, 2.45) is 0 Å². The number of rotatable bonds is 4. The van der Waals surface area contributed by atoms with Gasteiger partial charge in [-0.15, -0.1) is 0 Å². The molecule has 0 saturated carbocycles. The van der Waals surface area contributed by atoms with Crippen LogP contribution in [0.3, 0.4) is 0 Å². The molecular formula is C18H15FN2O3S. The average molecular weight is 358 g/mol. The molecular weight excluding hydrogens is 343 g/mol. The molecule has 0 aliphatic rings. The Kier molecular flexibility index (Phi) is 4.41. The highest BCUT2D eigenvalue weighted by Gasteiger charge is 2.19. The summed E-state index contributed by atoms with van der Waals surface area (Å²) in [4.78, 5) is 12.1. The van der Waals surface area contributed by atoms with Gasteiger partial charge in [0.2, 0.25) is 0 Å². The third-order valence-corrected chi connectivity index (χ3v) is 5.04. The maximum Gasteiger partial charge on any atom is 0.265 e. The van der Waals surface area contributed by atoms with Gasteiger partial charge in [0.15, 0.2) is 0 Å². The number of halogens is 1. The molecule has 0 aliphatic carbocycles. The van der Waals surface area contributed by atoms with Gasteiger partial charge in [-0.05, 0) is 67.1 Å². The van der Waals surface area contributed by atoms with Gasteiger partial charge in [-0.1, -0.05) is 0 Å². The van der Waals surface area contributed by atoms with Crippen LogP contribution in [0.1, 0.15) is 15.9 Å². The van der Waals surface area contributed by atoms with E-state index in [-0.39, 0.29) is 10.5 Å². The maximum atomic E-state index is 12.9. The summed E-state index contributed by atoms with van der Waals surface area (Å²) in [5.74, 6) is -1.30. The van der Waals surface area contributed by atoms with Crippen LogP contribution >= 0.6 is 0 Å². The van der Waals surface area contributed by atoms with Gasteiger partial charge in [0.25, 0.3) is 15.9 Å². The second-order valence-electron chi connectivity index (χ2n) is 5.48. The molecule has 3 rings (SSSR count). The van der Waals surface area contributed by atoms with E-state index in [1.54, 1.807) is 18.2 Å². The van der Waals surface area contributed by atoms with Crippen LogP contribution in [0.15, 0.2) is 71.9 Å². The van der Waals surface area contributed by atoms with E-state index in [1.165, 1.54) is 0 Å². The first kappa shape index (κ1) is 16.9. The number of carbonyl (C=O) groups excluding carboxylic acids is 1. The van der Waals surface area contributed by atoms with Crippen LogP contribution in [-0.4, -0.2) is 18.9 Å². The van der Waals surface area contributed by atoms with E-state index in [2.05, 4.69) is 0 Å². The second kappa shape index (κ2) is 6.52. The van der Waals surface area contributed by atoms with Gasteiger partial charge in [-0.25, -0.2) is 17.5 Å². The molecule has 0 fully saturated rings. The quantitative estimate of drug-likeness (QED) is 0.779. The van der Waals surface area contributed by atoms with Gasteiger partial charge >= 0.3 is 0 Å². The zero-order valence-corrected chi connectivity index (χ0v) is 14.1. The number of hydrogen-bond acceptors (Lipinski definition) is 3. The summed E-state index contributed by atoms with van der Waals surface area (Å²) in [5, 5.41) is 0. The summed E-state index contributed by atoms with van der Waals surface area (Å²) in [6, 6.07) is 12.9. The molecule has 128 valence electrons. The van der Waals surface area contributed by atoms with Crippen LogP contribution in [0.2, 0.25) is 0 Å². The monoisotopic (exact) mass is 358 g/mol. The maximum absolute atomic E-state index is 12.9. The highest BCUT2D eigenvalue weighted by Crippen LogP contribution is 2.17. The Bertz CT molecular complexity index is 1010. The van der Waals surface area contributed by atoms with Crippen molar-refractivity contribution in [1.82, 2.24) is 9.29 Å². The Morgan fingerprint density at radius 3 is 2.28 bits per heavy atom. The first-order valence-electron chi connectivity index (χ1n) is 7.43. The van der Waals surface area contributed by atoms with Crippen LogP contribution in [-0.2, 0) is 10.0 Å². The Balaban J connectivity index is 1.84. The second-order valence-corrected chi connectivity index (χ2v) is 7.16. The normalized spacial score (nSPS) is 11.3. The summed E-state index contributed by atoms with van der Waals surface area (Å²) in [5.41, 5.74) is 1.94. The van der Waals surface area contributed by atoms with Crippen LogP contribution in [0.5, 0.6) is 0 Å². The molecule has 1 heterocycles. The first-order chi connectivity index (χ1) is 11.9. The molecule has 25 heavy (non-hydrogen) atoms. The number of aryl methyl sites for hydroxylation is 1. The van der Waals surface area contributed by atoms with E-state index in [0.717, 1.165) is 35.5 Å². The predicted octanol–water partition coefficient (Wildman–Crippen LogP) is 3.04. The zero-order valence-electron chi connectivity index (χ0n) is 13.3. The van der Waals surface area contributed by atoms with E-state index in [9.17, 15) is 17.6 Å². The molecule has 0 bridgehead atoms. The molecule has 5 nitrogen and oxygen atoms in total. The lowest BCUT2D eigenvalue weighted by Crippen LogP contribution is -2.30. The van der Waals surface area contributed by atoms with E-state index >= 15 is 0 Å². The third-order valence-electron chi connectivity index (χ3n) is 3.69. The minimum absolute atomic E-state index is 0.178. The Hall–Kier alpha value is -2.93. The van der Waals surface area contributed by atoms with Gasteiger partial charge in [0.05, 0.1) is 4.90 Å². The number of hydrogen-bond donors (Lipinski definition) is 1. The molecule has 1 amide bonds. The van der Waals surface area contributed by atoms with Gasteiger partial charge in [0.1, 0.15) is 5.82 Å².